The number of carbonyl (C=O) groups is 1. The highest BCUT2D eigenvalue weighted by atomic mass is 16.5. The van der Waals surface area contributed by atoms with Gasteiger partial charge in [0.1, 0.15) is 0 Å². The Bertz CT molecular complexity index is 231. The van der Waals surface area contributed by atoms with Crippen molar-refractivity contribution in [3.63, 3.8) is 0 Å². The fraction of sp³-hybridized carbons (Fsp3) is 0.700. The van der Waals surface area contributed by atoms with Crippen LogP contribution in [0.1, 0.15) is 12.8 Å². The Morgan fingerprint density at radius 3 is 3.00 bits per heavy atom. The van der Waals surface area contributed by atoms with Crippen LogP contribution in [0, 0.1) is 5.41 Å². The van der Waals surface area contributed by atoms with Crippen LogP contribution in [0.2, 0.25) is 0 Å². The van der Waals surface area contributed by atoms with Crippen molar-refractivity contribution in [1.29, 1.82) is 0 Å². The van der Waals surface area contributed by atoms with Crippen molar-refractivity contribution in [3.05, 3.63) is 12.7 Å². The third-order valence-corrected chi connectivity index (χ3v) is 3.11. The molecule has 3 heteroatoms. The summed E-state index contributed by atoms with van der Waals surface area (Å²) in [5, 5.41) is 0. The Morgan fingerprint density at radius 1 is 1.54 bits per heavy atom. The lowest BCUT2D eigenvalue weighted by Gasteiger charge is -2.20. The van der Waals surface area contributed by atoms with Crippen LogP contribution in [0.15, 0.2) is 12.7 Å². The predicted octanol–water partition coefficient (Wildman–Crippen LogP) is 0.811. The Labute approximate surface area is 78.4 Å². The van der Waals surface area contributed by atoms with E-state index in [9.17, 15) is 4.79 Å². The fourth-order valence-electron chi connectivity index (χ4n) is 2.22. The summed E-state index contributed by atoms with van der Waals surface area (Å²) in [6.07, 6.45) is 3.59. The summed E-state index contributed by atoms with van der Waals surface area (Å²) in [5.74, 6) is 0.0591. The zero-order chi connectivity index (χ0) is 9.31. The lowest BCUT2D eigenvalue weighted by molar-refractivity contribution is -0.125. The third kappa shape index (κ3) is 1.48. The second kappa shape index (κ2) is 3.14. The number of rotatable bonds is 1. The largest absolute Gasteiger partial charge is 0.381 e. The van der Waals surface area contributed by atoms with Crippen molar-refractivity contribution in [2.75, 3.05) is 26.3 Å². The maximum absolute atomic E-state index is 11.3. The molecule has 1 amide bonds. The first-order valence-corrected chi connectivity index (χ1v) is 4.75. The molecule has 0 bridgehead atoms. The molecule has 0 saturated carbocycles. The maximum atomic E-state index is 11.3. The zero-order valence-corrected chi connectivity index (χ0v) is 7.79. The lowest BCUT2D eigenvalue weighted by Crippen LogP contribution is -2.31. The molecule has 13 heavy (non-hydrogen) atoms. The topological polar surface area (TPSA) is 29.5 Å². The molecule has 1 atom stereocenters. The molecule has 3 nitrogen and oxygen atoms in total. The molecule has 72 valence electrons. The number of amides is 1. The molecular weight excluding hydrogens is 166 g/mol. The Kier molecular flexibility index (Phi) is 2.12. The number of nitrogens with zero attached hydrogens (tertiary/aromatic N) is 1. The minimum absolute atomic E-state index is 0.0591. The summed E-state index contributed by atoms with van der Waals surface area (Å²) in [6, 6.07) is 0. The summed E-state index contributed by atoms with van der Waals surface area (Å²) >= 11 is 0. The standard InChI is InChI=1S/C10H15NO2/c1-2-9(12)11-5-3-10(7-11)4-6-13-8-10/h2H,1,3-8H2. The molecule has 2 fully saturated rings. The molecule has 2 saturated heterocycles. The van der Waals surface area contributed by atoms with Gasteiger partial charge in [0, 0.05) is 25.1 Å². The van der Waals surface area contributed by atoms with Crippen LogP contribution in [0.25, 0.3) is 0 Å². The van der Waals surface area contributed by atoms with Gasteiger partial charge in [-0.05, 0) is 18.9 Å². The molecular formula is C10H15NO2. The van der Waals surface area contributed by atoms with Crippen molar-refractivity contribution in [3.8, 4) is 0 Å². The van der Waals surface area contributed by atoms with E-state index >= 15 is 0 Å². The van der Waals surface area contributed by atoms with E-state index in [0.29, 0.717) is 0 Å². The van der Waals surface area contributed by atoms with Gasteiger partial charge < -0.3 is 9.64 Å². The molecule has 1 spiro atoms. The highest BCUT2D eigenvalue weighted by molar-refractivity contribution is 5.87. The Morgan fingerprint density at radius 2 is 2.38 bits per heavy atom. The van der Waals surface area contributed by atoms with Gasteiger partial charge in [0.05, 0.1) is 6.61 Å². The first-order chi connectivity index (χ1) is 6.26. The van der Waals surface area contributed by atoms with Crippen molar-refractivity contribution in [1.82, 2.24) is 4.90 Å². The normalized spacial score (nSPS) is 32.8. The van der Waals surface area contributed by atoms with Gasteiger partial charge in [0.15, 0.2) is 0 Å². The number of ether oxygens (including phenoxy) is 1. The van der Waals surface area contributed by atoms with Gasteiger partial charge in [-0.15, -0.1) is 0 Å². The van der Waals surface area contributed by atoms with E-state index in [1.807, 2.05) is 4.90 Å². The number of carbonyl (C=O) groups excluding carboxylic acids is 1. The maximum Gasteiger partial charge on any atom is 0.245 e. The first kappa shape index (κ1) is 8.75. The van der Waals surface area contributed by atoms with Crippen LogP contribution in [0.5, 0.6) is 0 Å². The highest BCUT2D eigenvalue weighted by Gasteiger charge is 2.42. The minimum atomic E-state index is 0.0591. The molecule has 2 heterocycles. The van der Waals surface area contributed by atoms with Gasteiger partial charge in [-0.3, -0.25) is 4.79 Å². The van der Waals surface area contributed by atoms with E-state index in [4.69, 9.17) is 4.74 Å². The number of likely N-dealkylation sites (tertiary alicyclic amines) is 1. The van der Waals surface area contributed by atoms with Gasteiger partial charge in [-0.2, -0.15) is 0 Å². The fourth-order valence-corrected chi connectivity index (χ4v) is 2.22. The summed E-state index contributed by atoms with van der Waals surface area (Å²) in [4.78, 5) is 13.2. The third-order valence-electron chi connectivity index (χ3n) is 3.11. The molecule has 0 N–H and O–H groups in total. The second-order valence-corrected chi connectivity index (χ2v) is 4.02. The lowest BCUT2D eigenvalue weighted by atomic mass is 9.87. The molecule has 0 aromatic carbocycles. The van der Waals surface area contributed by atoms with Crippen LogP contribution >= 0.6 is 0 Å². The second-order valence-electron chi connectivity index (χ2n) is 4.02. The Hall–Kier alpha value is -0.830. The monoisotopic (exact) mass is 181 g/mol. The van der Waals surface area contributed by atoms with E-state index < -0.39 is 0 Å². The van der Waals surface area contributed by atoms with E-state index in [1.54, 1.807) is 0 Å². The van der Waals surface area contributed by atoms with Crippen molar-refractivity contribution < 1.29 is 9.53 Å². The van der Waals surface area contributed by atoms with Gasteiger partial charge >= 0.3 is 0 Å². The Balaban J connectivity index is 2.00. The highest BCUT2D eigenvalue weighted by Crippen LogP contribution is 2.38. The summed E-state index contributed by atoms with van der Waals surface area (Å²) < 4.78 is 5.38. The van der Waals surface area contributed by atoms with E-state index in [0.717, 1.165) is 39.1 Å². The average Bonchev–Trinajstić information content (AvgIpc) is 2.76. The zero-order valence-electron chi connectivity index (χ0n) is 7.79. The van der Waals surface area contributed by atoms with Gasteiger partial charge in [-0.25, -0.2) is 0 Å². The van der Waals surface area contributed by atoms with Crippen LogP contribution in [0.4, 0.5) is 0 Å². The molecule has 2 rings (SSSR count). The van der Waals surface area contributed by atoms with Crippen LogP contribution in [0.3, 0.4) is 0 Å². The van der Waals surface area contributed by atoms with E-state index in [2.05, 4.69) is 6.58 Å². The van der Waals surface area contributed by atoms with Crippen LogP contribution < -0.4 is 0 Å². The predicted molar refractivity (Wildman–Crippen MR) is 49.3 cm³/mol. The molecule has 2 aliphatic heterocycles. The summed E-state index contributed by atoms with van der Waals surface area (Å²) in [5.41, 5.74) is 0.276. The van der Waals surface area contributed by atoms with Gasteiger partial charge in [0.25, 0.3) is 0 Å². The summed E-state index contributed by atoms with van der Waals surface area (Å²) in [6.45, 7) is 6.91. The first-order valence-electron chi connectivity index (χ1n) is 4.75. The molecule has 0 radical (unpaired) electrons. The van der Waals surface area contributed by atoms with Crippen molar-refractivity contribution in [2.24, 2.45) is 5.41 Å². The summed E-state index contributed by atoms with van der Waals surface area (Å²) in [7, 11) is 0. The molecule has 0 aromatic heterocycles. The van der Waals surface area contributed by atoms with Crippen molar-refractivity contribution in [2.45, 2.75) is 12.8 Å². The quantitative estimate of drug-likeness (QED) is 0.560. The van der Waals surface area contributed by atoms with E-state index in [1.165, 1.54) is 6.08 Å². The average molecular weight is 181 g/mol. The SMILES string of the molecule is C=CC(=O)N1CCC2(CCOC2)C1. The van der Waals surface area contributed by atoms with E-state index in [-0.39, 0.29) is 11.3 Å². The number of hydrogen-bond acceptors (Lipinski definition) is 2. The van der Waals surface area contributed by atoms with Gasteiger partial charge in [0.2, 0.25) is 5.91 Å². The van der Waals surface area contributed by atoms with Crippen LogP contribution in [-0.4, -0.2) is 37.1 Å². The molecule has 0 aromatic rings. The minimum Gasteiger partial charge on any atom is -0.381 e. The van der Waals surface area contributed by atoms with Crippen LogP contribution in [-0.2, 0) is 9.53 Å². The molecule has 0 aliphatic carbocycles. The molecule has 2 aliphatic rings. The van der Waals surface area contributed by atoms with Gasteiger partial charge in [-0.1, -0.05) is 6.58 Å². The molecule has 1 unspecified atom stereocenters. The van der Waals surface area contributed by atoms with Crippen molar-refractivity contribution >= 4 is 5.91 Å². The smallest absolute Gasteiger partial charge is 0.245 e. The number of hydrogen-bond donors (Lipinski definition) is 0.